The molecule has 1 aromatic carbocycles. The Balaban J connectivity index is 3.02. The Labute approximate surface area is 99.2 Å². The molecule has 0 atom stereocenters. The minimum atomic E-state index is -0.312. The Morgan fingerprint density at radius 2 is 2.25 bits per heavy atom. The first-order valence-corrected chi connectivity index (χ1v) is 5.21. The summed E-state index contributed by atoms with van der Waals surface area (Å²) in [6.07, 6.45) is 0. The number of methoxy groups -OCH3 is 1. The van der Waals surface area contributed by atoms with Gasteiger partial charge < -0.3 is 15.2 Å². The van der Waals surface area contributed by atoms with E-state index in [0.29, 0.717) is 16.3 Å². The van der Waals surface area contributed by atoms with Crippen molar-refractivity contribution in [2.45, 2.75) is 6.92 Å². The van der Waals surface area contributed by atoms with Crippen LogP contribution < -0.4 is 10.1 Å². The molecule has 88 valence electrons. The Morgan fingerprint density at radius 3 is 2.81 bits per heavy atom. The van der Waals surface area contributed by atoms with Crippen LogP contribution in [0.15, 0.2) is 12.1 Å². The molecule has 0 saturated heterocycles. The number of hydrogen-bond acceptors (Lipinski definition) is 3. The van der Waals surface area contributed by atoms with Gasteiger partial charge in [0.15, 0.2) is 0 Å². The van der Waals surface area contributed by atoms with E-state index in [2.05, 4.69) is 5.32 Å². The van der Waals surface area contributed by atoms with Gasteiger partial charge in [0.05, 0.1) is 19.3 Å². The molecular formula is C11H14ClNO3. The number of aliphatic hydroxyl groups excluding tert-OH is 1. The van der Waals surface area contributed by atoms with Gasteiger partial charge in [-0.3, -0.25) is 4.79 Å². The number of aliphatic hydroxyl groups is 1. The predicted octanol–water partition coefficient (Wildman–Crippen LogP) is 1.38. The maximum Gasteiger partial charge on any atom is 0.255 e. The van der Waals surface area contributed by atoms with Crippen molar-refractivity contribution in [3.8, 4) is 5.75 Å². The normalized spacial score (nSPS) is 10.0. The molecule has 4 nitrogen and oxygen atoms in total. The molecule has 0 aromatic heterocycles. The Bertz CT molecular complexity index is 393. The molecule has 0 aliphatic carbocycles. The summed E-state index contributed by atoms with van der Waals surface area (Å²) in [6, 6.07) is 3.26. The summed E-state index contributed by atoms with van der Waals surface area (Å²) in [5.41, 5.74) is 1.21. The number of ether oxygens (including phenoxy) is 1. The molecule has 1 rings (SSSR count). The van der Waals surface area contributed by atoms with Crippen molar-refractivity contribution in [1.82, 2.24) is 5.32 Å². The van der Waals surface area contributed by atoms with Gasteiger partial charge in [-0.25, -0.2) is 0 Å². The lowest BCUT2D eigenvalue weighted by Gasteiger charge is -2.10. The second-order valence-electron chi connectivity index (χ2n) is 3.28. The van der Waals surface area contributed by atoms with Crippen LogP contribution in [0.5, 0.6) is 5.75 Å². The van der Waals surface area contributed by atoms with Crippen molar-refractivity contribution in [2.24, 2.45) is 0 Å². The van der Waals surface area contributed by atoms with Gasteiger partial charge in [-0.1, -0.05) is 11.6 Å². The number of carbonyl (C=O) groups is 1. The average Bonchev–Trinajstić information content (AvgIpc) is 2.28. The predicted molar refractivity (Wildman–Crippen MR) is 62.2 cm³/mol. The van der Waals surface area contributed by atoms with Crippen molar-refractivity contribution < 1.29 is 14.6 Å². The molecule has 16 heavy (non-hydrogen) atoms. The van der Waals surface area contributed by atoms with Crippen LogP contribution in [-0.2, 0) is 0 Å². The summed E-state index contributed by atoms with van der Waals surface area (Å²) < 4.78 is 5.10. The Morgan fingerprint density at radius 1 is 1.56 bits per heavy atom. The van der Waals surface area contributed by atoms with E-state index in [1.165, 1.54) is 7.11 Å². The van der Waals surface area contributed by atoms with E-state index >= 15 is 0 Å². The first-order valence-electron chi connectivity index (χ1n) is 4.83. The lowest BCUT2D eigenvalue weighted by atomic mass is 10.1. The summed E-state index contributed by atoms with van der Waals surface area (Å²) in [5.74, 6) is 0.158. The molecule has 1 aromatic rings. The van der Waals surface area contributed by atoms with Crippen LogP contribution in [0.2, 0.25) is 5.02 Å². The summed E-state index contributed by atoms with van der Waals surface area (Å²) >= 11 is 5.94. The zero-order chi connectivity index (χ0) is 12.1. The maximum absolute atomic E-state index is 11.7. The number of amides is 1. The third-order valence-electron chi connectivity index (χ3n) is 2.12. The number of halogens is 1. The van der Waals surface area contributed by atoms with Crippen molar-refractivity contribution in [1.29, 1.82) is 0 Å². The highest BCUT2D eigenvalue weighted by molar-refractivity contribution is 6.31. The number of aryl methyl sites for hydroxylation is 1. The van der Waals surface area contributed by atoms with Gasteiger partial charge in [0.25, 0.3) is 5.91 Å². The van der Waals surface area contributed by atoms with Crippen molar-refractivity contribution >= 4 is 17.5 Å². The summed E-state index contributed by atoms with van der Waals surface area (Å²) in [7, 11) is 1.49. The van der Waals surface area contributed by atoms with Crippen LogP contribution in [0, 0.1) is 6.92 Å². The SMILES string of the molecule is COc1cc(C)c(Cl)cc1C(=O)NCCO. The Kier molecular flexibility index (Phi) is 4.58. The van der Waals surface area contributed by atoms with Crippen LogP contribution in [0.25, 0.3) is 0 Å². The zero-order valence-corrected chi connectivity index (χ0v) is 9.97. The molecule has 2 N–H and O–H groups in total. The van der Waals surface area contributed by atoms with E-state index in [-0.39, 0.29) is 19.1 Å². The van der Waals surface area contributed by atoms with Crippen LogP contribution in [0.4, 0.5) is 0 Å². The molecule has 0 fully saturated rings. The number of rotatable bonds is 4. The lowest BCUT2D eigenvalue weighted by Crippen LogP contribution is -2.26. The van der Waals surface area contributed by atoms with Crippen molar-refractivity contribution in [3.05, 3.63) is 28.3 Å². The van der Waals surface area contributed by atoms with Crippen LogP contribution in [-0.4, -0.2) is 31.3 Å². The molecule has 0 aliphatic rings. The highest BCUT2D eigenvalue weighted by atomic mass is 35.5. The fourth-order valence-electron chi connectivity index (χ4n) is 1.27. The zero-order valence-electron chi connectivity index (χ0n) is 9.21. The van der Waals surface area contributed by atoms with Crippen molar-refractivity contribution in [3.63, 3.8) is 0 Å². The standard InChI is InChI=1S/C11H14ClNO3/c1-7-5-10(16-2)8(6-9(7)12)11(15)13-3-4-14/h5-6,14H,3-4H2,1-2H3,(H,13,15). The topological polar surface area (TPSA) is 58.6 Å². The van der Waals surface area contributed by atoms with Gasteiger partial charge in [-0.2, -0.15) is 0 Å². The van der Waals surface area contributed by atoms with E-state index in [4.69, 9.17) is 21.4 Å². The van der Waals surface area contributed by atoms with Gasteiger partial charge in [0.1, 0.15) is 5.75 Å². The van der Waals surface area contributed by atoms with Gasteiger partial charge >= 0.3 is 0 Å². The molecule has 0 radical (unpaired) electrons. The van der Waals surface area contributed by atoms with E-state index < -0.39 is 0 Å². The van der Waals surface area contributed by atoms with E-state index in [1.54, 1.807) is 12.1 Å². The van der Waals surface area contributed by atoms with Crippen LogP contribution in [0.1, 0.15) is 15.9 Å². The first kappa shape index (κ1) is 12.8. The van der Waals surface area contributed by atoms with Gasteiger partial charge in [-0.05, 0) is 24.6 Å². The second kappa shape index (κ2) is 5.72. The molecule has 0 heterocycles. The number of hydrogen-bond donors (Lipinski definition) is 2. The summed E-state index contributed by atoms with van der Waals surface area (Å²) in [6.45, 7) is 1.93. The molecule has 0 spiro atoms. The van der Waals surface area contributed by atoms with Gasteiger partial charge in [0, 0.05) is 11.6 Å². The highest BCUT2D eigenvalue weighted by Crippen LogP contribution is 2.26. The van der Waals surface area contributed by atoms with E-state index in [0.717, 1.165) is 5.56 Å². The first-order chi connectivity index (χ1) is 7.60. The van der Waals surface area contributed by atoms with E-state index in [9.17, 15) is 4.79 Å². The fourth-order valence-corrected chi connectivity index (χ4v) is 1.43. The minimum Gasteiger partial charge on any atom is -0.496 e. The largest absolute Gasteiger partial charge is 0.496 e. The lowest BCUT2D eigenvalue weighted by molar-refractivity contribution is 0.0941. The third kappa shape index (κ3) is 2.87. The maximum atomic E-state index is 11.7. The number of carbonyl (C=O) groups excluding carboxylic acids is 1. The molecule has 0 aliphatic heterocycles. The minimum absolute atomic E-state index is 0.104. The summed E-state index contributed by atoms with van der Waals surface area (Å²) in [5, 5.41) is 11.7. The number of nitrogens with one attached hydrogen (secondary N) is 1. The smallest absolute Gasteiger partial charge is 0.255 e. The monoisotopic (exact) mass is 243 g/mol. The average molecular weight is 244 g/mol. The molecule has 0 saturated carbocycles. The van der Waals surface area contributed by atoms with Crippen molar-refractivity contribution in [2.75, 3.05) is 20.3 Å². The molecule has 1 amide bonds. The molecular weight excluding hydrogens is 230 g/mol. The van der Waals surface area contributed by atoms with Crippen LogP contribution >= 0.6 is 11.6 Å². The molecule has 0 bridgehead atoms. The van der Waals surface area contributed by atoms with Gasteiger partial charge in [-0.15, -0.1) is 0 Å². The quantitative estimate of drug-likeness (QED) is 0.840. The highest BCUT2D eigenvalue weighted by Gasteiger charge is 2.13. The van der Waals surface area contributed by atoms with E-state index in [1.807, 2.05) is 6.92 Å². The third-order valence-corrected chi connectivity index (χ3v) is 2.53. The molecule has 0 unspecified atom stereocenters. The van der Waals surface area contributed by atoms with Gasteiger partial charge in [0.2, 0.25) is 0 Å². The summed E-state index contributed by atoms with van der Waals surface area (Å²) in [4.78, 5) is 11.7. The Hall–Kier alpha value is -1.26. The van der Waals surface area contributed by atoms with Crippen LogP contribution in [0.3, 0.4) is 0 Å². The fraction of sp³-hybridized carbons (Fsp3) is 0.364. The number of benzene rings is 1. The second-order valence-corrected chi connectivity index (χ2v) is 3.69. The molecule has 5 heteroatoms.